The molecule has 2 aromatic rings. The van der Waals surface area contributed by atoms with E-state index >= 15 is 0 Å². The Morgan fingerprint density at radius 1 is 1.12 bits per heavy atom. The third-order valence-electron chi connectivity index (χ3n) is 4.03. The molecule has 2 heterocycles. The molecule has 0 bridgehead atoms. The first-order valence-corrected chi connectivity index (χ1v) is 7.85. The molecule has 0 atom stereocenters. The Labute approximate surface area is 142 Å². The minimum absolute atomic E-state index is 0.140. The zero-order chi connectivity index (χ0) is 17.9. The summed E-state index contributed by atoms with van der Waals surface area (Å²) in [5, 5.41) is 7.56. The maximum atomic E-state index is 13.1. The third kappa shape index (κ3) is 4.07. The maximum absolute atomic E-state index is 13.1. The second-order valence-corrected chi connectivity index (χ2v) is 5.71. The van der Waals surface area contributed by atoms with Gasteiger partial charge < -0.3 is 9.64 Å². The highest BCUT2D eigenvalue weighted by Gasteiger charge is 2.36. The van der Waals surface area contributed by atoms with Crippen molar-refractivity contribution in [2.75, 3.05) is 13.1 Å². The van der Waals surface area contributed by atoms with Crippen LogP contribution in [0.15, 0.2) is 42.6 Å². The number of carbonyl (C=O) groups is 1. The van der Waals surface area contributed by atoms with Crippen LogP contribution in [0.2, 0.25) is 0 Å². The highest BCUT2D eigenvalue weighted by molar-refractivity contribution is 5.96. The summed E-state index contributed by atoms with van der Waals surface area (Å²) < 4.78 is 44.9. The number of nitrogens with zero attached hydrogens (tertiary/aromatic N) is 3. The second-order valence-electron chi connectivity index (χ2n) is 5.71. The lowest BCUT2D eigenvalue weighted by atomic mass is 10.0. The van der Waals surface area contributed by atoms with Crippen molar-refractivity contribution in [2.45, 2.75) is 25.1 Å². The summed E-state index contributed by atoms with van der Waals surface area (Å²) in [6.45, 7) is 0.659. The Hall–Kier alpha value is -2.64. The summed E-state index contributed by atoms with van der Waals surface area (Å²) in [7, 11) is 0. The minimum atomic E-state index is -4.56. The van der Waals surface area contributed by atoms with Gasteiger partial charge in [0.1, 0.15) is 6.10 Å². The van der Waals surface area contributed by atoms with E-state index in [-0.39, 0.29) is 11.7 Å². The summed E-state index contributed by atoms with van der Waals surface area (Å²) in [4.78, 5) is 13.9. The van der Waals surface area contributed by atoms with E-state index in [0.717, 1.165) is 6.07 Å². The molecule has 0 N–H and O–H groups in total. The molecule has 0 unspecified atom stereocenters. The molecule has 5 nitrogen and oxygen atoms in total. The molecule has 1 aromatic carbocycles. The Bertz CT molecular complexity index is 729. The van der Waals surface area contributed by atoms with Crippen molar-refractivity contribution >= 4 is 5.91 Å². The average molecular weight is 351 g/mol. The number of rotatable bonds is 3. The summed E-state index contributed by atoms with van der Waals surface area (Å²) in [5.74, 6) is -0.208. The normalized spacial score (nSPS) is 15.9. The van der Waals surface area contributed by atoms with Gasteiger partial charge in [-0.25, -0.2) is 0 Å². The van der Waals surface area contributed by atoms with Crippen molar-refractivity contribution in [3.8, 4) is 5.88 Å². The van der Waals surface area contributed by atoms with Crippen LogP contribution in [0.25, 0.3) is 0 Å². The van der Waals surface area contributed by atoms with Crippen molar-refractivity contribution in [3.63, 3.8) is 0 Å². The lowest BCUT2D eigenvalue weighted by Crippen LogP contribution is -2.42. The second kappa shape index (κ2) is 7.08. The number of ether oxygens (including phenoxy) is 1. The Kier molecular flexibility index (Phi) is 4.87. The average Bonchev–Trinajstić information content (AvgIpc) is 2.62. The molecule has 1 aliphatic rings. The van der Waals surface area contributed by atoms with Crippen LogP contribution in [-0.4, -0.2) is 40.2 Å². The monoisotopic (exact) mass is 351 g/mol. The van der Waals surface area contributed by atoms with Crippen LogP contribution in [0.4, 0.5) is 13.2 Å². The highest BCUT2D eigenvalue weighted by Crippen LogP contribution is 2.32. The first-order chi connectivity index (χ1) is 11.9. The van der Waals surface area contributed by atoms with E-state index in [4.69, 9.17) is 4.74 Å². The molecule has 0 spiro atoms. The van der Waals surface area contributed by atoms with Gasteiger partial charge in [0.15, 0.2) is 0 Å². The summed E-state index contributed by atoms with van der Waals surface area (Å²) in [5.41, 5.74) is -1.22. The predicted molar refractivity (Wildman–Crippen MR) is 83.0 cm³/mol. The lowest BCUT2D eigenvalue weighted by Gasteiger charge is -2.32. The topological polar surface area (TPSA) is 55.3 Å². The number of hydrogen-bond donors (Lipinski definition) is 0. The molecule has 1 amide bonds. The van der Waals surface area contributed by atoms with E-state index in [1.54, 1.807) is 12.1 Å². The minimum Gasteiger partial charge on any atom is -0.473 e. The van der Waals surface area contributed by atoms with Crippen LogP contribution >= 0.6 is 0 Å². The molecule has 0 radical (unpaired) electrons. The van der Waals surface area contributed by atoms with Gasteiger partial charge in [-0.15, -0.1) is 5.10 Å². The number of halogens is 3. The molecule has 1 aromatic heterocycles. The van der Waals surface area contributed by atoms with Crippen molar-refractivity contribution < 1.29 is 22.7 Å². The number of piperidine rings is 1. The fourth-order valence-electron chi connectivity index (χ4n) is 2.78. The summed E-state index contributed by atoms with van der Waals surface area (Å²) in [6.07, 6.45) is -2.11. The van der Waals surface area contributed by atoms with E-state index in [0.29, 0.717) is 31.8 Å². The summed E-state index contributed by atoms with van der Waals surface area (Å²) in [6, 6.07) is 8.25. The van der Waals surface area contributed by atoms with E-state index < -0.39 is 17.6 Å². The van der Waals surface area contributed by atoms with Crippen molar-refractivity contribution in [3.05, 3.63) is 53.7 Å². The standard InChI is InChI=1S/C17H16F3N3O2/c18-17(19,20)14-5-2-1-4-13(14)16(24)23-10-7-12(8-11-23)25-15-6-3-9-21-22-15/h1-6,9,12H,7-8,10-11H2. The Morgan fingerprint density at radius 2 is 1.84 bits per heavy atom. The van der Waals surface area contributed by atoms with Crippen LogP contribution in [0, 0.1) is 0 Å². The third-order valence-corrected chi connectivity index (χ3v) is 4.03. The van der Waals surface area contributed by atoms with E-state index in [1.807, 2.05) is 0 Å². The van der Waals surface area contributed by atoms with Crippen LogP contribution < -0.4 is 4.74 Å². The van der Waals surface area contributed by atoms with Gasteiger partial charge in [0.25, 0.3) is 5.91 Å². The van der Waals surface area contributed by atoms with Crippen molar-refractivity contribution in [1.82, 2.24) is 15.1 Å². The summed E-state index contributed by atoms with van der Waals surface area (Å²) >= 11 is 0. The van der Waals surface area contributed by atoms with Gasteiger partial charge in [0, 0.05) is 38.2 Å². The van der Waals surface area contributed by atoms with Gasteiger partial charge >= 0.3 is 6.18 Å². The van der Waals surface area contributed by atoms with Gasteiger partial charge in [-0.1, -0.05) is 12.1 Å². The molecular weight excluding hydrogens is 335 g/mol. The molecule has 0 aliphatic carbocycles. The molecule has 0 saturated carbocycles. The van der Waals surface area contributed by atoms with Gasteiger partial charge in [-0.3, -0.25) is 4.79 Å². The van der Waals surface area contributed by atoms with Crippen LogP contribution in [-0.2, 0) is 6.18 Å². The molecule has 8 heteroatoms. The van der Waals surface area contributed by atoms with Gasteiger partial charge in [-0.05, 0) is 18.2 Å². The number of benzene rings is 1. The lowest BCUT2D eigenvalue weighted by molar-refractivity contribution is -0.138. The predicted octanol–water partition coefficient (Wildman–Crippen LogP) is 3.18. The van der Waals surface area contributed by atoms with Crippen molar-refractivity contribution in [2.24, 2.45) is 0 Å². The van der Waals surface area contributed by atoms with Crippen molar-refractivity contribution in [1.29, 1.82) is 0 Å². The first-order valence-electron chi connectivity index (χ1n) is 7.85. The number of carbonyl (C=O) groups excluding carboxylic acids is 1. The van der Waals surface area contributed by atoms with E-state index in [2.05, 4.69) is 10.2 Å². The van der Waals surface area contributed by atoms with E-state index in [1.165, 1.54) is 29.3 Å². The Morgan fingerprint density at radius 3 is 2.48 bits per heavy atom. The molecule has 1 fully saturated rings. The number of amides is 1. The van der Waals surface area contributed by atoms with Crippen LogP contribution in [0.5, 0.6) is 5.88 Å². The Balaban J connectivity index is 1.65. The fourth-order valence-corrected chi connectivity index (χ4v) is 2.78. The molecule has 132 valence electrons. The van der Waals surface area contributed by atoms with E-state index in [9.17, 15) is 18.0 Å². The fraction of sp³-hybridized carbons (Fsp3) is 0.353. The van der Waals surface area contributed by atoms with Crippen LogP contribution in [0.3, 0.4) is 0 Å². The number of alkyl halides is 3. The molecule has 3 rings (SSSR count). The number of likely N-dealkylation sites (tertiary alicyclic amines) is 1. The largest absolute Gasteiger partial charge is 0.473 e. The zero-order valence-electron chi connectivity index (χ0n) is 13.2. The van der Waals surface area contributed by atoms with Gasteiger partial charge in [0.05, 0.1) is 11.1 Å². The molecule has 1 aliphatic heterocycles. The van der Waals surface area contributed by atoms with Crippen LogP contribution in [0.1, 0.15) is 28.8 Å². The highest BCUT2D eigenvalue weighted by atomic mass is 19.4. The SMILES string of the molecule is O=C(c1ccccc1C(F)(F)F)N1CCC(Oc2cccnn2)CC1. The number of hydrogen-bond acceptors (Lipinski definition) is 4. The van der Waals surface area contributed by atoms with Gasteiger partial charge in [-0.2, -0.15) is 18.3 Å². The zero-order valence-corrected chi connectivity index (χ0v) is 13.2. The quantitative estimate of drug-likeness (QED) is 0.852. The first kappa shape index (κ1) is 17.2. The molecule has 1 saturated heterocycles. The van der Waals surface area contributed by atoms with Gasteiger partial charge in [0.2, 0.25) is 5.88 Å². The maximum Gasteiger partial charge on any atom is 0.417 e. The molecule has 25 heavy (non-hydrogen) atoms. The number of aromatic nitrogens is 2. The molecular formula is C17H16F3N3O2. The smallest absolute Gasteiger partial charge is 0.417 e.